The third-order valence-electron chi connectivity index (χ3n) is 4.44. The van der Waals surface area contributed by atoms with Gasteiger partial charge in [-0.25, -0.2) is 0 Å². The summed E-state index contributed by atoms with van der Waals surface area (Å²) in [7, 11) is 0. The van der Waals surface area contributed by atoms with Crippen molar-refractivity contribution in [3.05, 3.63) is 35.4 Å². The Morgan fingerprint density at radius 1 is 1.17 bits per heavy atom. The van der Waals surface area contributed by atoms with E-state index in [1.54, 1.807) is 5.56 Å². The lowest BCUT2D eigenvalue weighted by atomic mass is 9.95. The molecule has 18 heavy (non-hydrogen) atoms. The van der Waals surface area contributed by atoms with Gasteiger partial charge in [-0.2, -0.15) is 0 Å². The summed E-state index contributed by atoms with van der Waals surface area (Å²) >= 11 is 0. The Kier molecular flexibility index (Phi) is 4.82. The van der Waals surface area contributed by atoms with Crippen molar-refractivity contribution in [2.24, 2.45) is 5.92 Å². The summed E-state index contributed by atoms with van der Waals surface area (Å²) in [6, 6.07) is 9.58. The van der Waals surface area contributed by atoms with Gasteiger partial charge in [-0.1, -0.05) is 51.0 Å². The van der Waals surface area contributed by atoms with Gasteiger partial charge in [0.05, 0.1) is 0 Å². The molecule has 1 saturated carbocycles. The third kappa shape index (κ3) is 3.35. The van der Waals surface area contributed by atoms with Crippen molar-refractivity contribution in [2.45, 2.75) is 65.0 Å². The summed E-state index contributed by atoms with van der Waals surface area (Å²) in [6.45, 7) is 7.96. The molecular weight excluding hydrogens is 218 g/mol. The molecule has 1 fully saturated rings. The molecule has 0 bridgehead atoms. The first-order valence-corrected chi connectivity index (χ1v) is 7.57. The summed E-state index contributed by atoms with van der Waals surface area (Å²) < 4.78 is 0. The molecule has 1 aromatic carbocycles. The van der Waals surface area contributed by atoms with E-state index in [2.05, 4.69) is 50.4 Å². The molecule has 0 heterocycles. The van der Waals surface area contributed by atoms with Crippen molar-refractivity contribution in [2.75, 3.05) is 0 Å². The van der Waals surface area contributed by atoms with Crippen LogP contribution in [-0.2, 0) is 6.54 Å². The van der Waals surface area contributed by atoms with E-state index >= 15 is 0 Å². The number of hydrogen-bond donors (Lipinski definition) is 1. The first kappa shape index (κ1) is 13.6. The first-order chi connectivity index (χ1) is 8.76. The fraction of sp³-hybridized carbons (Fsp3) is 0.647. The predicted molar refractivity (Wildman–Crippen MR) is 78.8 cm³/mol. The number of nitrogens with one attached hydrogen (secondary N) is 1. The Bertz CT molecular complexity index is 364. The van der Waals surface area contributed by atoms with Crippen molar-refractivity contribution in [3.8, 4) is 0 Å². The second kappa shape index (κ2) is 6.38. The molecular formula is C17H27N. The first-order valence-electron chi connectivity index (χ1n) is 7.57. The van der Waals surface area contributed by atoms with Gasteiger partial charge in [-0.3, -0.25) is 0 Å². The van der Waals surface area contributed by atoms with Crippen molar-refractivity contribution >= 4 is 0 Å². The largest absolute Gasteiger partial charge is 0.310 e. The highest BCUT2D eigenvalue weighted by Gasteiger charge is 2.25. The zero-order valence-electron chi connectivity index (χ0n) is 12.1. The molecule has 1 N–H and O–H groups in total. The minimum absolute atomic E-state index is 0.618. The molecule has 100 valence electrons. The van der Waals surface area contributed by atoms with E-state index in [0.29, 0.717) is 6.04 Å². The Morgan fingerprint density at radius 3 is 2.44 bits per heavy atom. The number of rotatable bonds is 7. The molecule has 1 aliphatic carbocycles. The molecule has 1 aromatic rings. The standard InChI is InChI=1S/C17H27N/c1-4-14(5-2)13(3)18-12-16-8-6-7-9-17(16)15-10-11-15/h6-9,13-15,18H,4-5,10-12H2,1-3H3. The topological polar surface area (TPSA) is 12.0 Å². The molecule has 0 aliphatic heterocycles. The highest BCUT2D eigenvalue weighted by molar-refractivity contribution is 5.33. The highest BCUT2D eigenvalue weighted by Crippen LogP contribution is 2.41. The Hall–Kier alpha value is -0.820. The van der Waals surface area contributed by atoms with Crippen molar-refractivity contribution < 1.29 is 0 Å². The fourth-order valence-corrected chi connectivity index (χ4v) is 2.92. The molecule has 1 atom stereocenters. The summed E-state index contributed by atoms with van der Waals surface area (Å²) in [5.41, 5.74) is 3.10. The quantitative estimate of drug-likeness (QED) is 0.747. The van der Waals surface area contributed by atoms with Crippen LogP contribution in [-0.4, -0.2) is 6.04 Å². The average molecular weight is 245 g/mol. The van der Waals surface area contributed by atoms with Gasteiger partial charge >= 0.3 is 0 Å². The van der Waals surface area contributed by atoms with Crippen LogP contribution >= 0.6 is 0 Å². The zero-order chi connectivity index (χ0) is 13.0. The Labute approximate surface area is 112 Å². The summed E-state index contributed by atoms with van der Waals surface area (Å²) in [5, 5.41) is 3.72. The van der Waals surface area contributed by atoms with E-state index in [-0.39, 0.29) is 0 Å². The monoisotopic (exact) mass is 245 g/mol. The van der Waals surface area contributed by atoms with Crippen LogP contribution in [0.25, 0.3) is 0 Å². The third-order valence-corrected chi connectivity index (χ3v) is 4.44. The maximum atomic E-state index is 3.72. The van der Waals surface area contributed by atoms with E-state index in [9.17, 15) is 0 Å². The highest BCUT2D eigenvalue weighted by atomic mass is 14.9. The molecule has 0 amide bonds. The van der Waals surface area contributed by atoms with Crippen LogP contribution in [0.1, 0.15) is 63.5 Å². The Morgan fingerprint density at radius 2 is 1.83 bits per heavy atom. The van der Waals surface area contributed by atoms with Crippen molar-refractivity contribution in [1.29, 1.82) is 0 Å². The van der Waals surface area contributed by atoms with E-state index in [0.717, 1.165) is 18.4 Å². The van der Waals surface area contributed by atoms with Crippen molar-refractivity contribution in [3.63, 3.8) is 0 Å². The number of benzene rings is 1. The molecule has 0 spiro atoms. The normalized spacial score (nSPS) is 17.1. The molecule has 1 aliphatic rings. The average Bonchev–Trinajstić information content (AvgIpc) is 3.22. The smallest absolute Gasteiger partial charge is 0.0210 e. The predicted octanol–water partition coefficient (Wildman–Crippen LogP) is 4.48. The molecule has 1 heteroatoms. The van der Waals surface area contributed by atoms with E-state index < -0.39 is 0 Å². The van der Waals surface area contributed by atoms with Crippen LogP contribution < -0.4 is 5.32 Å². The Balaban J connectivity index is 1.93. The van der Waals surface area contributed by atoms with Gasteiger partial charge < -0.3 is 5.32 Å². The van der Waals surface area contributed by atoms with E-state index in [1.165, 1.54) is 31.2 Å². The van der Waals surface area contributed by atoms with Crippen LogP contribution in [0.15, 0.2) is 24.3 Å². The van der Waals surface area contributed by atoms with Gasteiger partial charge in [0.15, 0.2) is 0 Å². The summed E-state index contributed by atoms with van der Waals surface area (Å²) in [5.74, 6) is 1.66. The van der Waals surface area contributed by atoms with Gasteiger partial charge in [0.2, 0.25) is 0 Å². The van der Waals surface area contributed by atoms with Gasteiger partial charge in [0, 0.05) is 12.6 Å². The summed E-state index contributed by atoms with van der Waals surface area (Å²) in [6.07, 6.45) is 5.32. The molecule has 0 saturated heterocycles. The molecule has 0 aromatic heterocycles. The maximum absolute atomic E-state index is 3.72. The minimum Gasteiger partial charge on any atom is -0.310 e. The molecule has 1 nitrogen and oxygen atoms in total. The van der Waals surface area contributed by atoms with Gasteiger partial charge in [0.25, 0.3) is 0 Å². The fourth-order valence-electron chi connectivity index (χ4n) is 2.92. The molecule has 1 unspecified atom stereocenters. The van der Waals surface area contributed by atoms with Crippen LogP contribution in [0.3, 0.4) is 0 Å². The summed E-state index contributed by atoms with van der Waals surface area (Å²) in [4.78, 5) is 0. The second-order valence-electron chi connectivity index (χ2n) is 5.72. The van der Waals surface area contributed by atoms with Crippen molar-refractivity contribution in [1.82, 2.24) is 5.32 Å². The SMILES string of the molecule is CCC(CC)C(C)NCc1ccccc1C1CC1. The lowest BCUT2D eigenvalue weighted by Crippen LogP contribution is -2.32. The van der Waals surface area contributed by atoms with Crippen LogP contribution in [0.5, 0.6) is 0 Å². The molecule has 0 radical (unpaired) electrons. The lowest BCUT2D eigenvalue weighted by Gasteiger charge is -2.23. The van der Waals surface area contributed by atoms with Crippen LogP contribution in [0.2, 0.25) is 0 Å². The van der Waals surface area contributed by atoms with Gasteiger partial charge in [-0.15, -0.1) is 0 Å². The van der Waals surface area contributed by atoms with Gasteiger partial charge in [0.1, 0.15) is 0 Å². The zero-order valence-corrected chi connectivity index (χ0v) is 12.1. The molecule has 2 rings (SSSR count). The van der Waals surface area contributed by atoms with Crippen LogP contribution in [0.4, 0.5) is 0 Å². The van der Waals surface area contributed by atoms with E-state index in [1.807, 2.05) is 0 Å². The second-order valence-corrected chi connectivity index (χ2v) is 5.72. The number of hydrogen-bond acceptors (Lipinski definition) is 1. The van der Waals surface area contributed by atoms with E-state index in [4.69, 9.17) is 0 Å². The van der Waals surface area contributed by atoms with Crippen LogP contribution in [0, 0.1) is 5.92 Å². The lowest BCUT2D eigenvalue weighted by molar-refractivity contribution is 0.353. The minimum atomic E-state index is 0.618. The maximum Gasteiger partial charge on any atom is 0.0210 e. The van der Waals surface area contributed by atoms with Gasteiger partial charge in [-0.05, 0) is 42.7 Å².